The summed E-state index contributed by atoms with van der Waals surface area (Å²) in [5, 5.41) is 0. The van der Waals surface area contributed by atoms with Crippen molar-refractivity contribution < 1.29 is 27.6 Å². The van der Waals surface area contributed by atoms with Crippen LogP contribution in [0.15, 0.2) is 48.5 Å². The molecule has 1 aliphatic carbocycles. The number of benzene rings is 2. The first-order valence-electron chi connectivity index (χ1n) is 10.8. The smallest absolute Gasteiger partial charge is 0.341 e. The van der Waals surface area contributed by atoms with Crippen LogP contribution >= 0.6 is 0 Å². The third-order valence-electron chi connectivity index (χ3n) is 6.42. The fourth-order valence-corrected chi connectivity index (χ4v) is 4.37. The van der Waals surface area contributed by atoms with Crippen molar-refractivity contribution in [3.05, 3.63) is 70.8 Å². The van der Waals surface area contributed by atoms with Crippen LogP contribution in [0.5, 0.6) is 0 Å². The molecule has 0 radical (unpaired) electrons. The van der Waals surface area contributed by atoms with E-state index in [1.807, 2.05) is 31.2 Å². The molecule has 1 saturated heterocycles. The third-order valence-corrected chi connectivity index (χ3v) is 6.42. The highest BCUT2D eigenvalue weighted by atomic mass is 19.4. The van der Waals surface area contributed by atoms with Crippen LogP contribution in [0.25, 0.3) is 0 Å². The van der Waals surface area contributed by atoms with Gasteiger partial charge in [-0.05, 0) is 37.0 Å². The Bertz CT molecular complexity index is 1090. The van der Waals surface area contributed by atoms with Gasteiger partial charge in [0.2, 0.25) is 17.7 Å². The number of likely N-dealkylation sites (tertiary alicyclic amines) is 1. The second-order valence-corrected chi connectivity index (χ2v) is 9.05. The first-order chi connectivity index (χ1) is 15.5. The van der Waals surface area contributed by atoms with E-state index in [9.17, 15) is 27.6 Å². The average molecular weight is 458 g/mol. The second kappa shape index (κ2) is 8.32. The molecule has 0 aromatic heterocycles. The average Bonchev–Trinajstić information content (AvgIpc) is 3.55. The van der Waals surface area contributed by atoms with Gasteiger partial charge in [0.1, 0.15) is 0 Å². The summed E-state index contributed by atoms with van der Waals surface area (Å²) in [7, 11) is 1.59. The summed E-state index contributed by atoms with van der Waals surface area (Å²) in [6.07, 6.45) is -3.93. The summed E-state index contributed by atoms with van der Waals surface area (Å²) in [4.78, 5) is 42.1. The van der Waals surface area contributed by atoms with Crippen molar-refractivity contribution in [2.24, 2.45) is 0 Å². The first-order valence-corrected chi connectivity index (χ1v) is 10.8. The minimum atomic E-state index is -4.61. The quantitative estimate of drug-likeness (QED) is 0.609. The van der Waals surface area contributed by atoms with Crippen molar-refractivity contribution in [2.45, 2.75) is 56.8 Å². The van der Waals surface area contributed by atoms with E-state index < -0.39 is 34.9 Å². The number of rotatable bonds is 6. The number of hydrogen-bond donors (Lipinski definition) is 0. The summed E-state index contributed by atoms with van der Waals surface area (Å²) >= 11 is 0. The van der Waals surface area contributed by atoms with Gasteiger partial charge < -0.3 is 4.90 Å². The molecule has 0 unspecified atom stereocenters. The van der Waals surface area contributed by atoms with Gasteiger partial charge in [-0.3, -0.25) is 19.3 Å². The lowest BCUT2D eigenvalue weighted by atomic mass is 9.75. The van der Waals surface area contributed by atoms with E-state index in [-0.39, 0.29) is 31.0 Å². The fourth-order valence-electron chi connectivity index (χ4n) is 4.37. The molecule has 2 aromatic rings. The van der Waals surface area contributed by atoms with E-state index in [1.165, 1.54) is 17.0 Å². The lowest BCUT2D eigenvalue weighted by Gasteiger charge is -2.30. The van der Waals surface area contributed by atoms with E-state index in [1.54, 1.807) is 7.05 Å². The monoisotopic (exact) mass is 458 g/mol. The van der Waals surface area contributed by atoms with Crippen LogP contribution in [0.3, 0.4) is 0 Å². The van der Waals surface area contributed by atoms with Gasteiger partial charge >= 0.3 is 6.18 Å². The molecule has 0 spiro atoms. The van der Waals surface area contributed by atoms with Crippen molar-refractivity contribution in [2.75, 3.05) is 7.05 Å². The Morgan fingerprint density at radius 1 is 1.12 bits per heavy atom. The van der Waals surface area contributed by atoms with Crippen LogP contribution < -0.4 is 0 Å². The SMILES string of the molecule is Cc1ccc(CN(C)C(=O)C[C@@]2(c3cccc(C(F)(F)F)c3)CC(=O)N(C3CC3)C2=O)cc1. The van der Waals surface area contributed by atoms with E-state index >= 15 is 0 Å². The molecule has 1 aliphatic heterocycles. The zero-order valence-corrected chi connectivity index (χ0v) is 18.5. The fraction of sp³-hybridized carbons (Fsp3) is 0.400. The first kappa shape index (κ1) is 23.0. The highest BCUT2D eigenvalue weighted by Gasteiger charge is 2.57. The standard InChI is InChI=1S/C25H25F3N2O3/c1-16-6-8-17(9-7-16)15-29(2)21(31)13-24(14-22(32)30(23(24)33)20-10-11-20)18-4-3-5-19(12-18)25(26,27)28/h3-9,12,20H,10-11,13-15H2,1-2H3/t24-/m0/s1. The molecule has 2 aromatic carbocycles. The van der Waals surface area contributed by atoms with Crippen LogP contribution in [-0.2, 0) is 32.5 Å². The predicted octanol–water partition coefficient (Wildman–Crippen LogP) is 4.22. The topological polar surface area (TPSA) is 57.7 Å². The summed E-state index contributed by atoms with van der Waals surface area (Å²) < 4.78 is 40.2. The summed E-state index contributed by atoms with van der Waals surface area (Å²) in [5.74, 6) is -1.42. The van der Waals surface area contributed by atoms with E-state index in [0.717, 1.165) is 28.2 Å². The number of alkyl halides is 3. The van der Waals surface area contributed by atoms with Crippen molar-refractivity contribution in [3.8, 4) is 0 Å². The molecule has 2 fully saturated rings. The minimum Gasteiger partial charge on any atom is -0.341 e. The molecule has 4 rings (SSSR count). The van der Waals surface area contributed by atoms with E-state index in [0.29, 0.717) is 12.8 Å². The van der Waals surface area contributed by atoms with Crippen molar-refractivity contribution in [3.63, 3.8) is 0 Å². The number of halogens is 3. The number of nitrogens with zero attached hydrogens (tertiary/aromatic N) is 2. The van der Waals surface area contributed by atoms with Gasteiger partial charge in [-0.1, -0.05) is 48.0 Å². The maximum atomic E-state index is 13.5. The van der Waals surface area contributed by atoms with Crippen LogP contribution in [0, 0.1) is 6.92 Å². The number of imide groups is 1. The van der Waals surface area contributed by atoms with Gasteiger partial charge in [-0.15, -0.1) is 0 Å². The largest absolute Gasteiger partial charge is 0.416 e. The van der Waals surface area contributed by atoms with Crippen LogP contribution in [0.1, 0.15) is 47.9 Å². The Hall–Kier alpha value is -3.16. The molecule has 1 atom stereocenters. The van der Waals surface area contributed by atoms with Crippen LogP contribution in [-0.4, -0.2) is 40.6 Å². The van der Waals surface area contributed by atoms with Gasteiger partial charge in [0.15, 0.2) is 0 Å². The Labute approximate surface area is 190 Å². The Kier molecular flexibility index (Phi) is 5.80. The van der Waals surface area contributed by atoms with Crippen LogP contribution in [0.2, 0.25) is 0 Å². The van der Waals surface area contributed by atoms with Crippen molar-refractivity contribution in [1.82, 2.24) is 9.80 Å². The highest BCUT2D eigenvalue weighted by molar-refractivity contribution is 6.11. The zero-order valence-electron chi connectivity index (χ0n) is 18.5. The van der Waals surface area contributed by atoms with Gasteiger partial charge in [-0.2, -0.15) is 13.2 Å². The molecular formula is C25H25F3N2O3. The molecule has 33 heavy (non-hydrogen) atoms. The van der Waals surface area contributed by atoms with Crippen molar-refractivity contribution in [1.29, 1.82) is 0 Å². The van der Waals surface area contributed by atoms with E-state index in [2.05, 4.69) is 0 Å². The minimum absolute atomic E-state index is 0.0518. The molecule has 1 heterocycles. The van der Waals surface area contributed by atoms with E-state index in [4.69, 9.17) is 0 Å². The molecule has 0 bridgehead atoms. The third kappa shape index (κ3) is 4.51. The number of hydrogen-bond acceptors (Lipinski definition) is 3. The van der Waals surface area contributed by atoms with Gasteiger partial charge in [0.25, 0.3) is 0 Å². The molecule has 174 valence electrons. The number of aryl methyl sites for hydroxylation is 1. The molecule has 3 amide bonds. The summed E-state index contributed by atoms with van der Waals surface area (Å²) in [6, 6.07) is 11.8. The molecule has 2 aliphatic rings. The second-order valence-electron chi connectivity index (χ2n) is 9.05. The maximum Gasteiger partial charge on any atom is 0.416 e. The predicted molar refractivity (Wildman–Crippen MR) is 115 cm³/mol. The number of carbonyl (C=O) groups is 3. The van der Waals surface area contributed by atoms with Gasteiger partial charge in [-0.25, -0.2) is 0 Å². The normalized spacial score (nSPS) is 20.9. The molecule has 8 heteroatoms. The molecular weight excluding hydrogens is 433 g/mol. The lowest BCUT2D eigenvalue weighted by Crippen LogP contribution is -2.43. The Morgan fingerprint density at radius 2 is 1.79 bits per heavy atom. The number of amides is 3. The van der Waals surface area contributed by atoms with Gasteiger partial charge in [0.05, 0.1) is 11.0 Å². The lowest BCUT2D eigenvalue weighted by molar-refractivity contribution is -0.143. The molecule has 1 saturated carbocycles. The Morgan fingerprint density at radius 3 is 2.39 bits per heavy atom. The van der Waals surface area contributed by atoms with Gasteiger partial charge in [0, 0.05) is 32.5 Å². The number of carbonyl (C=O) groups excluding carboxylic acids is 3. The molecule has 5 nitrogen and oxygen atoms in total. The highest BCUT2D eigenvalue weighted by Crippen LogP contribution is 2.45. The Balaban J connectivity index is 1.67. The van der Waals surface area contributed by atoms with Crippen LogP contribution in [0.4, 0.5) is 13.2 Å². The van der Waals surface area contributed by atoms with Crippen molar-refractivity contribution >= 4 is 17.7 Å². The molecule has 0 N–H and O–H groups in total. The summed E-state index contributed by atoms with van der Waals surface area (Å²) in [6.45, 7) is 2.23. The zero-order chi connectivity index (χ0) is 24.0. The summed E-state index contributed by atoms with van der Waals surface area (Å²) in [5.41, 5.74) is -0.537. The maximum absolute atomic E-state index is 13.5.